The van der Waals surface area contributed by atoms with Crippen molar-refractivity contribution in [2.75, 3.05) is 7.11 Å². The maximum atomic E-state index is 13.3. The number of benzene rings is 1. The van der Waals surface area contributed by atoms with Crippen molar-refractivity contribution in [3.8, 4) is 5.75 Å². The van der Waals surface area contributed by atoms with Crippen molar-refractivity contribution in [1.82, 2.24) is 0 Å². The molecule has 0 aliphatic rings. The van der Waals surface area contributed by atoms with Crippen molar-refractivity contribution >= 4 is 19.7 Å². The van der Waals surface area contributed by atoms with Gasteiger partial charge in [-0.15, -0.1) is 0 Å². The van der Waals surface area contributed by atoms with Crippen LogP contribution in [-0.2, 0) is 14.8 Å². The van der Waals surface area contributed by atoms with Gasteiger partial charge in [-0.1, -0.05) is 6.07 Å². The fraction of sp³-hybridized carbons (Fsp3) is 0.333. The van der Waals surface area contributed by atoms with Crippen LogP contribution >= 0.6 is 10.7 Å². The van der Waals surface area contributed by atoms with E-state index in [0.29, 0.717) is 5.56 Å². The molecule has 1 aromatic rings. The standard InChI is InChI=1S/C9H10ClFO3S/c1-6-3-4-8(11)7(9(6)14-2)5-15(10,12)13/h3-4H,5H2,1-2H3. The van der Waals surface area contributed by atoms with Gasteiger partial charge in [0.25, 0.3) is 0 Å². The molecule has 0 saturated carbocycles. The molecule has 3 nitrogen and oxygen atoms in total. The summed E-state index contributed by atoms with van der Waals surface area (Å²) in [6, 6.07) is 2.70. The molecule has 0 heterocycles. The minimum atomic E-state index is -3.80. The van der Waals surface area contributed by atoms with Gasteiger partial charge in [-0.25, -0.2) is 12.8 Å². The quantitative estimate of drug-likeness (QED) is 0.775. The Balaban J connectivity index is 3.32. The first-order valence-electron chi connectivity index (χ1n) is 4.09. The van der Waals surface area contributed by atoms with Crippen LogP contribution in [0.25, 0.3) is 0 Å². The first-order chi connectivity index (χ1) is 6.85. The predicted molar refractivity (Wildman–Crippen MR) is 56.2 cm³/mol. The van der Waals surface area contributed by atoms with E-state index in [1.54, 1.807) is 6.92 Å². The minimum Gasteiger partial charge on any atom is -0.496 e. The van der Waals surface area contributed by atoms with Crippen LogP contribution < -0.4 is 4.74 Å². The highest BCUT2D eigenvalue weighted by Gasteiger charge is 2.18. The molecule has 1 rings (SSSR count). The summed E-state index contributed by atoms with van der Waals surface area (Å²) >= 11 is 0. The fourth-order valence-electron chi connectivity index (χ4n) is 1.31. The Labute approximate surface area is 92.2 Å². The maximum Gasteiger partial charge on any atom is 0.237 e. The Hall–Kier alpha value is -0.810. The predicted octanol–water partition coefficient (Wildman–Crippen LogP) is 2.21. The molecule has 0 aliphatic carbocycles. The average molecular weight is 253 g/mol. The number of halogens is 2. The lowest BCUT2D eigenvalue weighted by atomic mass is 10.1. The average Bonchev–Trinajstić information content (AvgIpc) is 2.10. The zero-order valence-corrected chi connectivity index (χ0v) is 9.82. The molecule has 0 bridgehead atoms. The third kappa shape index (κ3) is 3.07. The monoisotopic (exact) mass is 252 g/mol. The molecule has 15 heavy (non-hydrogen) atoms. The normalized spacial score (nSPS) is 11.5. The maximum absolute atomic E-state index is 13.3. The number of hydrogen-bond acceptors (Lipinski definition) is 3. The van der Waals surface area contributed by atoms with E-state index < -0.39 is 20.6 Å². The number of aryl methyl sites for hydroxylation is 1. The van der Waals surface area contributed by atoms with Gasteiger partial charge in [0.05, 0.1) is 12.9 Å². The smallest absolute Gasteiger partial charge is 0.237 e. The molecule has 0 saturated heterocycles. The van der Waals surface area contributed by atoms with Gasteiger partial charge < -0.3 is 4.74 Å². The molecule has 0 radical (unpaired) electrons. The first kappa shape index (κ1) is 12.3. The molecule has 0 aliphatic heterocycles. The molecule has 6 heteroatoms. The van der Waals surface area contributed by atoms with Crippen molar-refractivity contribution in [2.45, 2.75) is 12.7 Å². The largest absolute Gasteiger partial charge is 0.496 e. The van der Waals surface area contributed by atoms with Gasteiger partial charge in [-0.3, -0.25) is 0 Å². The lowest BCUT2D eigenvalue weighted by Crippen LogP contribution is -2.03. The Kier molecular flexibility index (Phi) is 3.57. The summed E-state index contributed by atoms with van der Waals surface area (Å²) in [7, 11) is 2.63. The highest BCUT2D eigenvalue weighted by atomic mass is 35.7. The SMILES string of the molecule is COc1c(C)ccc(F)c1CS(=O)(=O)Cl. The topological polar surface area (TPSA) is 43.4 Å². The van der Waals surface area contributed by atoms with Gasteiger partial charge in [0.15, 0.2) is 0 Å². The third-order valence-electron chi connectivity index (χ3n) is 1.92. The molecule has 0 atom stereocenters. The second-order valence-corrected chi connectivity index (χ2v) is 5.84. The Bertz CT molecular complexity index is 470. The molecule has 84 valence electrons. The van der Waals surface area contributed by atoms with E-state index in [4.69, 9.17) is 15.4 Å². The second-order valence-electron chi connectivity index (χ2n) is 3.06. The molecular formula is C9H10ClFO3S. The number of methoxy groups -OCH3 is 1. The summed E-state index contributed by atoms with van der Waals surface area (Å²) in [5.41, 5.74) is 0.627. The van der Waals surface area contributed by atoms with Crippen molar-refractivity contribution in [1.29, 1.82) is 0 Å². The summed E-state index contributed by atoms with van der Waals surface area (Å²) in [5, 5.41) is 0. The van der Waals surface area contributed by atoms with E-state index in [2.05, 4.69) is 0 Å². The summed E-state index contributed by atoms with van der Waals surface area (Å²) in [6.07, 6.45) is 0. The molecule has 0 fully saturated rings. The van der Waals surface area contributed by atoms with Crippen LogP contribution in [0.4, 0.5) is 4.39 Å². The Morgan fingerprint density at radius 1 is 1.47 bits per heavy atom. The van der Waals surface area contributed by atoms with Gasteiger partial charge >= 0.3 is 0 Å². The lowest BCUT2D eigenvalue weighted by molar-refractivity contribution is 0.403. The van der Waals surface area contributed by atoms with E-state index in [0.717, 1.165) is 0 Å². The van der Waals surface area contributed by atoms with Gasteiger partial charge in [0.1, 0.15) is 11.6 Å². The van der Waals surface area contributed by atoms with E-state index >= 15 is 0 Å². The van der Waals surface area contributed by atoms with E-state index in [1.807, 2.05) is 0 Å². The van der Waals surface area contributed by atoms with Gasteiger partial charge in [0, 0.05) is 16.2 Å². The number of ether oxygens (including phenoxy) is 1. The summed E-state index contributed by atoms with van der Waals surface area (Å²) in [4.78, 5) is 0. The highest BCUT2D eigenvalue weighted by molar-refractivity contribution is 8.13. The zero-order valence-electron chi connectivity index (χ0n) is 8.25. The summed E-state index contributed by atoms with van der Waals surface area (Å²) in [5.74, 6) is -0.994. The van der Waals surface area contributed by atoms with Crippen LogP contribution in [0, 0.1) is 12.7 Å². The second kappa shape index (κ2) is 4.37. The van der Waals surface area contributed by atoms with Crippen LogP contribution in [0.3, 0.4) is 0 Å². The molecule has 0 unspecified atom stereocenters. The fourth-order valence-corrected chi connectivity index (χ4v) is 2.25. The van der Waals surface area contributed by atoms with Crippen molar-refractivity contribution < 1.29 is 17.5 Å². The van der Waals surface area contributed by atoms with Crippen LogP contribution in [0.1, 0.15) is 11.1 Å². The first-order valence-corrected chi connectivity index (χ1v) is 6.57. The summed E-state index contributed by atoms with van der Waals surface area (Å²) < 4.78 is 40.0. The Morgan fingerprint density at radius 3 is 2.53 bits per heavy atom. The number of hydrogen-bond donors (Lipinski definition) is 0. The van der Waals surface area contributed by atoms with Crippen molar-refractivity contribution in [2.24, 2.45) is 0 Å². The molecule has 1 aromatic carbocycles. The van der Waals surface area contributed by atoms with Crippen molar-refractivity contribution in [3.63, 3.8) is 0 Å². The van der Waals surface area contributed by atoms with Gasteiger partial charge in [-0.2, -0.15) is 0 Å². The minimum absolute atomic E-state index is 0.0347. The zero-order chi connectivity index (χ0) is 11.6. The summed E-state index contributed by atoms with van der Waals surface area (Å²) in [6.45, 7) is 1.70. The molecule has 0 aromatic heterocycles. The van der Waals surface area contributed by atoms with Gasteiger partial charge in [-0.05, 0) is 18.6 Å². The highest BCUT2D eigenvalue weighted by Crippen LogP contribution is 2.28. The van der Waals surface area contributed by atoms with Crippen LogP contribution in [0.15, 0.2) is 12.1 Å². The molecular weight excluding hydrogens is 243 g/mol. The van der Waals surface area contributed by atoms with Crippen molar-refractivity contribution in [3.05, 3.63) is 29.1 Å². The van der Waals surface area contributed by atoms with Gasteiger partial charge in [0.2, 0.25) is 9.05 Å². The van der Waals surface area contributed by atoms with E-state index in [9.17, 15) is 12.8 Å². The Morgan fingerprint density at radius 2 is 2.07 bits per heavy atom. The third-order valence-corrected chi connectivity index (χ3v) is 2.88. The van der Waals surface area contributed by atoms with Crippen LogP contribution in [-0.4, -0.2) is 15.5 Å². The van der Waals surface area contributed by atoms with E-state index in [1.165, 1.54) is 19.2 Å². The van der Waals surface area contributed by atoms with Crippen LogP contribution in [0.5, 0.6) is 5.75 Å². The molecule has 0 N–H and O–H groups in total. The molecule has 0 spiro atoms. The molecule has 0 amide bonds. The number of rotatable bonds is 3. The lowest BCUT2D eigenvalue weighted by Gasteiger charge is -2.10. The van der Waals surface area contributed by atoms with E-state index in [-0.39, 0.29) is 11.3 Å². The van der Waals surface area contributed by atoms with Crippen LogP contribution in [0.2, 0.25) is 0 Å².